The van der Waals surface area contributed by atoms with Crippen LogP contribution in [0.4, 0.5) is 0 Å². The average Bonchev–Trinajstić information content (AvgIpc) is 2.73. The Balaban J connectivity index is 1.42. The second-order valence-corrected chi connectivity index (χ2v) is 6.82. The molecule has 1 amide bonds. The van der Waals surface area contributed by atoms with Crippen molar-refractivity contribution in [1.29, 1.82) is 0 Å². The van der Waals surface area contributed by atoms with Crippen LogP contribution in [0.3, 0.4) is 0 Å². The molecule has 148 valence electrons. The van der Waals surface area contributed by atoms with Gasteiger partial charge in [-0.3, -0.25) is 4.79 Å². The minimum absolute atomic E-state index is 0.149. The lowest BCUT2D eigenvalue weighted by Crippen LogP contribution is -2.24. The second kappa shape index (κ2) is 10.3. The molecular formula is C23H21ClN2O3. The molecule has 0 bridgehead atoms. The Morgan fingerprint density at radius 1 is 1.00 bits per heavy atom. The highest BCUT2D eigenvalue weighted by molar-refractivity contribution is 6.30. The van der Waals surface area contributed by atoms with Crippen molar-refractivity contribution in [3.63, 3.8) is 0 Å². The quantitative estimate of drug-likeness (QED) is 0.432. The van der Waals surface area contributed by atoms with Crippen molar-refractivity contribution >= 4 is 23.7 Å². The van der Waals surface area contributed by atoms with Crippen molar-refractivity contribution in [2.75, 3.05) is 6.61 Å². The minimum atomic E-state index is -0.362. The highest BCUT2D eigenvalue weighted by atomic mass is 35.5. The molecule has 0 aliphatic heterocycles. The molecular weight excluding hydrogens is 388 g/mol. The van der Waals surface area contributed by atoms with E-state index in [0.717, 1.165) is 16.9 Å². The predicted molar refractivity (Wildman–Crippen MR) is 115 cm³/mol. The van der Waals surface area contributed by atoms with E-state index in [1.807, 2.05) is 24.3 Å². The zero-order valence-corrected chi connectivity index (χ0v) is 16.7. The summed E-state index contributed by atoms with van der Waals surface area (Å²) >= 11 is 5.87. The number of nitrogens with one attached hydrogen (secondary N) is 1. The highest BCUT2D eigenvalue weighted by Gasteiger charge is 2.02. The SMILES string of the molecule is Cc1ccc(COc2ccc(C=NNC(=O)COc3cccc(Cl)c3)cc2)cc1. The first kappa shape index (κ1) is 20.4. The summed E-state index contributed by atoms with van der Waals surface area (Å²) in [4.78, 5) is 11.8. The molecule has 0 saturated carbocycles. The molecule has 0 heterocycles. The topological polar surface area (TPSA) is 59.9 Å². The fourth-order valence-corrected chi connectivity index (χ4v) is 2.60. The monoisotopic (exact) mass is 408 g/mol. The van der Waals surface area contributed by atoms with Crippen LogP contribution in [-0.2, 0) is 11.4 Å². The molecule has 0 radical (unpaired) electrons. The number of hydrogen-bond donors (Lipinski definition) is 1. The molecule has 5 nitrogen and oxygen atoms in total. The van der Waals surface area contributed by atoms with E-state index in [9.17, 15) is 4.79 Å². The lowest BCUT2D eigenvalue weighted by Gasteiger charge is -2.07. The number of halogens is 1. The predicted octanol–water partition coefficient (Wildman–Crippen LogP) is 4.76. The smallest absolute Gasteiger partial charge is 0.277 e. The van der Waals surface area contributed by atoms with Crippen LogP contribution in [0.2, 0.25) is 5.02 Å². The van der Waals surface area contributed by atoms with Gasteiger partial charge >= 0.3 is 0 Å². The lowest BCUT2D eigenvalue weighted by atomic mass is 10.2. The summed E-state index contributed by atoms with van der Waals surface area (Å²) in [6, 6.07) is 22.5. The molecule has 1 N–H and O–H groups in total. The van der Waals surface area contributed by atoms with Gasteiger partial charge in [0.25, 0.3) is 5.91 Å². The van der Waals surface area contributed by atoms with E-state index in [-0.39, 0.29) is 12.5 Å². The number of hydrazone groups is 1. The summed E-state index contributed by atoms with van der Waals surface area (Å²) in [5, 5.41) is 4.48. The summed E-state index contributed by atoms with van der Waals surface area (Å²) in [7, 11) is 0. The molecule has 3 aromatic carbocycles. The summed E-state index contributed by atoms with van der Waals surface area (Å²) in [6.07, 6.45) is 1.56. The third-order valence-electron chi connectivity index (χ3n) is 3.98. The summed E-state index contributed by atoms with van der Waals surface area (Å²) < 4.78 is 11.1. The van der Waals surface area contributed by atoms with Gasteiger partial charge in [-0.25, -0.2) is 5.43 Å². The van der Waals surface area contributed by atoms with E-state index < -0.39 is 0 Å². The van der Waals surface area contributed by atoms with Crippen molar-refractivity contribution < 1.29 is 14.3 Å². The number of amides is 1. The van der Waals surface area contributed by atoms with Crippen LogP contribution in [0.25, 0.3) is 0 Å². The number of nitrogens with zero attached hydrogens (tertiary/aromatic N) is 1. The van der Waals surface area contributed by atoms with E-state index in [0.29, 0.717) is 17.4 Å². The first-order valence-corrected chi connectivity index (χ1v) is 9.45. The number of carbonyl (C=O) groups excluding carboxylic acids is 1. The first-order valence-electron chi connectivity index (χ1n) is 9.07. The number of hydrogen-bond acceptors (Lipinski definition) is 4. The van der Waals surface area contributed by atoms with Crippen LogP contribution < -0.4 is 14.9 Å². The van der Waals surface area contributed by atoms with Crippen LogP contribution in [0.1, 0.15) is 16.7 Å². The molecule has 3 rings (SSSR count). The summed E-state index contributed by atoms with van der Waals surface area (Å²) in [5.41, 5.74) is 5.60. The third-order valence-corrected chi connectivity index (χ3v) is 4.21. The molecule has 3 aromatic rings. The van der Waals surface area contributed by atoms with Crippen LogP contribution in [0.15, 0.2) is 77.9 Å². The fraction of sp³-hybridized carbons (Fsp3) is 0.130. The zero-order chi connectivity index (χ0) is 20.5. The molecule has 0 atom stereocenters. The van der Waals surface area contributed by atoms with Gasteiger partial charge in [0.2, 0.25) is 0 Å². The maximum absolute atomic E-state index is 11.8. The van der Waals surface area contributed by atoms with Gasteiger partial charge in [-0.15, -0.1) is 0 Å². The Kier molecular flexibility index (Phi) is 7.25. The Morgan fingerprint density at radius 2 is 1.76 bits per heavy atom. The Morgan fingerprint density at radius 3 is 2.48 bits per heavy atom. The summed E-state index contributed by atoms with van der Waals surface area (Å²) in [5.74, 6) is 0.929. The zero-order valence-electron chi connectivity index (χ0n) is 16.0. The van der Waals surface area contributed by atoms with Gasteiger partial charge in [0, 0.05) is 5.02 Å². The molecule has 0 aliphatic carbocycles. The van der Waals surface area contributed by atoms with Crippen molar-refractivity contribution in [1.82, 2.24) is 5.43 Å². The van der Waals surface area contributed by atoms with Crippen molar-refractivity contribution in [3.8, 4) is 11.5 Å². The molecule has 0 unspecified atom stereocenters. The Hall–Kier alpha value is -3.31. The van der Waals surface area contributed by atoms with Crippen LogP contribution in [0.5, 0.6) is 11.5 Å². The van der Waals surface area contributed by atoms with E-state index >= 15 is 0 Å². The number of benzene rings is 3. The molecule has 6 heteroatoms. The molecule has 0 aliphatic rings. The van der Waals surface area contributed by atoms with Gasteiger partial charge in [-0.05, 0) is 60.5 Å². The minimum Gasteiger partial charge on any atom is -0.489 e. The van der Waals surface area contributed by atoms with Crippen molar-refractivity contribution in [3.05, 3.63) is 94.5 Å². The van der Waals surface area contributed by atoms with Gasteiger partial charge in [0.15, 0.2) is 6.61 Å². The largest absolute Gasteiger partial charge is 0.489 e. The maximum Gasteiger partial charge on any atom is 0.277 e. The van der Waals surface area contributed by atoms with Gasteiger partial charge < -0.3 is 9.47 Å². The van der Waals surface area contributed by atoms with Crippen molar-refractivity contribution in [2.24, 2.45) is 5.10 Å². The molecule has 0 fully saturated rings. The normalized spacial score (nSPS) is 10.7. The maximum atomic E-state index is 11.8. The van der Waals surface area contributed by atoms with Gasteiger partial charge in [-0.1, -0.05) is 47.5 Å². The standard InChI is InChI=1S/C23H21ClN2O3/c1-17-5-7-19(8-6-17)15-28-21-11-9-18(10-12-21)14-25-26-23(27)16-29-22-4-2-3-20(24)13-22/h2-14H,15-16H2,1H3,(H,26,27). The fourth-order valence-electron chi connectivity index (χ4n) is 2.42. The molecule has 0 spiro atoms. The van der Waals surface area contributed by atoms with Crippen molar-refractivity contribution in [2.45, 2.75) is 13.5 Å². The molecule has 29 heavy (non-hydrogen) atoms. The average molecular weight is 409 g/mol. The van der Waals surface area contributed by atoms with Crippen LogP contribution in [0, 0.1) is 6.92 Å². The van der Waals surface area contributed by atoms with E-state index in [4.69, 9.17) is 21.1 Å². The van der Waals surface area contributed by atoms with E-state index in [1.54, 1.807) is 30.5 Å². The van der Waals surface area contributed by atoms with Gasteiger partial charge in [0.1, 0.15) is 18.1 Å². The first-order chi connectivity index (χ1) is 14.1. The highest BCUT2D eigenvalue weighted by Crippen LogP contribution is 2.17. The Bertz CT molecular complexity index is 970. The van der Waals surface area contributed by atoms with Crippen LogP contribution in [-0.4, -0.2) is 18.7 Å². The van der Waals surface area contributed by atoms with Crippen LogP contribution >= 0.6 is 11.6 Å². The second-order valence-electron chi connectivity index (χ2n) is 6.38. The third kappa shape index (κ3) is 6.97. The lowest BCUT2D eigenvalue weighted by molar-refractivity contribution is -0.123. The number of rotatable bonds is 8. The number of ether oxygens (including phenoxy) is 2. The Labute approximate surface area is 174 Å². The van der Waals surface area contributed by atoms with E-state index in [1.165, 1.54) is 5.56 Å². The molecule has 0 saturated heterocycles. The van der Waals surface area contributed by atoms with E-state index in [2.05, 4.69) is 41.7 Å². The molecule has 0 aromatic heterocycles. The number of aryl methyl sites for hydroxylation is 1. The number of carbonyl (C=O) groups is 1. The van der Waals surface area contributed by atoms with Gasteiger partial charge in [0.05, 0.1) is 6.21 Å². The van der Waals surface area contributed by atoms with Gasteiger partial charge in [-0.2, -0.15) is 5.10 Å². The summed E-state index contributed by atoms with van der Waals surface area (Å²) in [6.45, 7) is 2.42.